The molecule has 2 unspecified atom stereocenters. The summed E-state index contributed by atoms with van der Waals surface area (Å²) in [5.41, 5.74) is 0.245. The molecule has 1 rings (SSSR count). The molecule has 0 aromatic carbocycles. The van der Waals surface area contributed by atoms with Gasteiger partial charge >= 0.3 is 0 Å². The molecule has 1 saturated heterocycles. The molecule has 2 radical (unpaired) electrons. The highest BCUT2D eigenvalue weighted by atomic mass is 16.7. The second kappa shape index (κ2) is 3.15. The van der Waals surface area contributed by atoms with Crippen LogP contribution in [0.1, 0.15) is 27.2 Å². The Balaban J connectivity index is 2.29. The van der Waals surface area contributed by atoms with Crippen molar-refractivity contribution in [2.45, 2.75) is 39.5 Å². The van der Waals surface area contributed by atoms with E-state index in [0.717, 1.165) is 6.42 Å². The van der Waals surface area contributed by atoms with Crippen LogP contribution in [0.3, 0.4) is 0 Å². The molecule has 0 saturated carbocycles. The molecular weight excluding hydrogens is 139 g/mol. The molecule has 0 aromatic rings. The van der Waals surface area contributed by atoms with E-state index in [1.54, 1.807) is 0 Å². The molecule has 0 N–H and O–H groups in total. The summed E-state index contributed by atoms with van der Waals surface area (Å²) in [7, 11) is 5.50. The van der Waals surface area contributed by atoms with Gasteiger partial charge in [-0.3, -0.25) is 0 Å². The number of rotatable bonds is 1. The van der Waals surface area contributed by atoms with Crippen molar-refractivity contribution in [3.8, 4) is 0 Å². The van der Waals surface area contributed by atoms with Crippen LogP contribution in [-0.4, -0.2) is 26.7 Å². The van der Waals surface area contributed by atoms with Gasteiger partial charge in [-0.05, 0) is 5.41 Å². The van der Waals surface area contributed by atoms with Crippen LogP contribution in [0.25, 0.3) is 0 Å². The van der Waals surface area contributed by atoms with Gasteiger partial charge in [0, 0.05) is 12.4 Å². The van der Waals surface area contributed by atoms with E-state index in [1.807, 2.05) is 0 Å². The van der Waals surface area contributed by atoms with Crippen LogP contribution in [0.4, 0.5) is 0 Å². The summed E-state index contributed by atoms with van der Waals surface area (Å²) < 4.78 is 10.6. The fourth-order valence-corrected chi connectivity index (χ4v) is 1.08. The molecule has 2 nitrogen and oxygen atoms in total. The minimum atomic E-state index is -0.220. The van der Waals surface area contributed by atoms with Gasteiger partial charge in [-0.2, -0.15) is 0 Å². The third-order valence-corrected chi connectivity index (χ3v) is 1.55. The van der Waals surface area contributed by atoms with Crippen LogP contribution in [0, 0.1) is 5.41 Å². The zero-order chi connectivity index (χ0) is 8.48. The summed E-state index contributed by atoms with van der Waals surface area (Å²) in [5.74, 6) is 0. The Kier molecular flexibility index (Phi) is 2.60. The van der Waals surface area contributed by atoms with Crippen molar-refractivity contribution in [2.24, 2.45) is 5.41 Å². The van der Waals surface area contributed by atoms with Crippen LogP contribution < -0.4 is 0 Å². The molecule has 0 spiro atoms. The molecule has 1 aliphatic rings. The quantitative estimate of drug-likeness (QED) is 0.529. The monoisotopic (exact) mass is 154 g/mol. The zero-order valence-corrected chi connectivity index (χ0v) is 7.46. The largest absolute Gasteiger partial charge is 0.357 e. The first-order valence-corrected chi connectivity index (χ1v) is 4.00. The maximum absolute atomic E-state index is 5.50. The molecule has 0 aliphatic carbocycles. The van der Waals surface area contributed by atoms with Gasteiger partial charge in [0.1, 0.15) is 7.85 Å². The lowest BCUT2D eigenvalue weighted by atomic mass is 9.92. The Labute approximate surface area is 69.7 Å². The second-order valence-corrected chi connectivity index (χ2v) is 4.20. The lowest BCUT2D eigenvalue weighted by Crippen LogP contribution is -2.19. The van der Waals surface area contributed by atoms with Crippen molar-refractivity contribution >= 4 is 7.85 Å². The fraction of sp³-hybridized carbons (Fsp3) is 1.00. The first-order valence-electron chi connectivity index (χ1n) is 4.00. The van der Waals surface area contributed by atoms with E-state index in [2.05, 4.69) is 20.8 Å². The molecule has 0 amide bonds. The lowest BCUT2D eigenvalue weighted by Gasteiger charge is -2.21. The Morgan fingerprint density at radius 1 is 1.45 bits per heavy atom. The Bertz CT molecular complexity index is 131. The second-order valence-electron chi connectivity index (χ2n) is 4.20. The third kappa shape index (κ3) is 3.26. The number of hydrogen-bond donors (Lipinski definition) is 0. The molecule has 0 aromatic heterocycles. The number of hydrogen-bond acceptors (Lipinski definition) is 2. The van der Waals surface area contributed by atoms with E-state index in [4.69, 9.17) is 17.3 Å². The predicted octanol–water partition coefficient (Wildman–Crippen LogP) is 1.29. The van der Waals surface area contributed by atoms with Crippen molar-refractivity contribution < 1.29 is 9.47 Å². The SMILES string of the molecule is [B]C1COC(CC(C)(C)C)O1. The van der Waals surface area contributed by atoms with Crippen LogP contribution in [0.2, 0.25) is 0 Å². The standard InChI is InChI=1S/C8H15BO2/c1-8(2,3)4-7-10-5-6(9)11-7/h6-7H,4-5H2,1-3H3. The van der Waals surface area contributed by atoms with Gasteiger partial charge in [0.15, 0.2) is 6.29 Å². The van der Waals surface area contributed by atoms with Gasteiger partial charge < -0.3 is 9.47 Å². The Morgan fingerprint density at radius 3 is 2.45 bits per heavy atom. The minimum absolute atomic E-state index is 0.0926. The molecule has 1 heterocycles. The van der Waals surface area contributed by atoms with Crippen molar-refractivity contribution in [3.63, 3.8) is 0 Å². The normalized spacial score (nSPS) is 32.6. The van der Waals surface area contributed by atoms with E-state index >= 15 is 0 Å². The summed E-state index contributed by atoms with van der Waals surface area (Å²) in [4.78, 5) is 0. The molecule has 1 fully saturated rings. The highest BCUT2D eigenvalue weighted by Crippen LogP contribution is 2.25. The summed E-state index contributed by atoms with van der Waals surface area (Å²) in [6.45, 7) is 7.00. The average Bonchev–Trinajstić information content (AvgIpc) is 2.10. The van der Waals surface area contributed by atoms with E-state index in [1.165, 1.54) is 0 Å². The first kappa shape index (κ1) is 9.08. The van der Waals surface area contributed by atoms with Gasteiger partial charge in [-0.15, -0.1) is 0 Å². The highest BCUT2D eigenvalue weighted by molar-refractivity contribution is 6.11. The molecule has 2 atom stereocenters. The summed E-state index contributed by atoms with van der Waals surface area (Å²) in [6, 6.07) is -0.220. The summed E-state index contributed by atoms with van der Waals surface area (Å²) >= 11 is 0. The Morgan fingerprint density at radius 2 is 2.09 bits per heavy atom. The van der Waals surface area contributed by atoms with E-state index in [0.29, 0.717) is 6.61 Å². The van der Waals surface area contributed by atoms with Gasteiger partial charge in [0.05, 0.1) is 6.61 Å². The smallest absolute Gasteiger partial charge is 0.157 e. The van der Waals surface area contributed by atoms with Gasteiger partial charge in [-0.1, -0.05) is 20.8 Å². The zero-order valence-electron chi connectivity index (χ0n) is 7.46. The van der Waals surface area contributed by atoms with Crippen LogP contribution >= 0.6 is 0 Å². The van der Waals surface area contributed by atoms with Gasteiger partial charge in [-0.25, -0.2) is 0 Å². The van der Waals surface area contributed by atoms with E-state index in [9.17, 15) is 0 Å². The van der Waals surface area contributed by atoms with Crippen LogP contribution in [0.5, 0.6) is 0 Å². The molecular formula is C8H15BO2. The van der Waals surface area contributed by atoms with Crippen molar-refractivity contribution in [1.82, 2.24) is 0 Å². The molecule has 1 aliphatic heterocycles. The molecule has 62 valence electrons. The van der Waals surface area contributed by atoms with Crippen LogP contribution in [0.15, 0.2) is 0 Å². The fourth-order valence-electron chi connectivity index (χ4n) is 1.08. The third-order valence-electron chi connectivity index (χ3n) is 1.55. The number of ether oxygens (including phenoxy) is 2. The van der Waals surface area contributed by atoms with Crippen molar-refractivity contribution in [1.29, 1.82) is 0 Å². The minimum Gasteiger partial charge on any atom is -0.357 e. The molecule has 3 heteroatoms. The van der Waals surface area contributed by atoms with Gasteiger partial charge in [0.2, 0.25) is 0 Å². The summed E-state index contributed by atoms with van der Waals surface area (Å²) in [5, 5.41) is 0. The maximum Gasteiger partial charge on any atom is 0.157 e. The average molecular weight is 154 g/mol. The van der Waals surface area contributed by atoms with Crippen LogP contribution in [-0.2, 0) is 9.47 Å². The van der Waals surface area contributed by atoms with E-state index in [-0.39, 0.29) is 17.7 Å². The van der Waals surface area contributed by atoms with Crippen molar-refractivity contribution in [2.75, 3.05) is 6.61 Å². The molecule has 0 bridgehead atoms. The summed E-state index contributed by atoms with van der Waals surface area (Å²) in [6.07, 6.45) is 0.811. The maximum atomic E-state index is 5.50. The molecule has 11 heavy (non-hydrogen) atoms. The topological polar surface area (TPSA) is 18.5 Å². The Hall–Kier alpha value is -0.0151. The highest BCUT2D eigenvalue weighted by Gasteiger charge is 2.26. The van der Waals surface area contributed by atoms with Gasteiger partial charge in [0.25, 0.3) is 0 Å². The lowest BCUT2D eigenvalue weighted by molar-refractivity contribution is -0.0699. The first-order chi connectivity index (χ1) is 4.97. The van der Waals surface area contributed by atoms with Crippen molar-refractivity contribution in [3.05, 3.63) is 0 Å². The van der Waals surface area contributed by atoms with E-state index < -0.39 is 0 Å². The predicted molar refractivity (Wildman–Crippen MR) is 44.4 cm³/mol.